The van der Waals surface area contributed by atoms with Crippen LogP contribution in [0.15, 0.2) is 18.2 Å². The fourth-order valence-electron chi connectivity index (χ4n) is 1.93. The molecule has 1 aromatic rings. The lowest BCUT2D eigenvalue weighted by Crippen LogP contribution is -2.43. The number of piperazine rings is 1. The van der Waals surface area contributed by atoms with Crippen LogP contribution in [0.1, 0.15) is 19.4 Å². The van der Waals surface area contributed by atoms with Crippen molar-refractivity contribution in [2.24, 2.45) is 0 Å². The lowest BCUT2D eigenvalue weighted by atomic mass is 10.2. The van der Waals surface area contributed by atoms with Gasteiger partial charge < -0.3 is 15.0 Å². The number of nitrogens with one attached hydrogen (secondary N) is 1. The van der Waals surface area contributed by atoms with Crippen LogP contribution >= 0.6 is 0 Å². The molecule has 3 nitrogen and oxygen atoms in total. The summed E-state index contributed by atoms with van der Waals surface area (Å²) in [6.45, 7) is 10.4. The van der Waals surface area contributed by atoms with Gasteiger partial charge in [0.1, 0.15) is 5.75 Å². The van der Waals surface area contributed by atoms with E-state index >= 15 is 0 Å². The van der Waals surface area contributed by atoms with E-state index in [1.54, 1.807) is 7.11 Å². The highest BCUT2D eigenvalue weighted by Crippen LogP contribution is 2.25. The van der Waals surface area contributed by atoms with Crippen molar-refractivity contribution in [1.82, 2.24) is 5.32 Å². The molecule has 17 heavy (non-hydrogen) atoms. The molecule has 1 aliphatic rings. The van der Waals surface area contributed by atoms with E-state index in [2.05, 4.69) is 35.3 Å². The molecular formula is C14H24N2O. The van der Waals surface area contributed by atoms with Crippen molar-refractivity contribution in [1.29, 1.82) is 0 Å². The molecule has 1 fully saturated rings. The van der Waals surface area contributed by atoms with Gasteiger partial charge in [-0.3, -0.25) is 0 Å². The number of ether oxygens (including phenoxy) is 1. The molecule has 1 aliphatic heterocycles. The van der Waals surface area contributed by atoms with Crippen LogP contribution in [0.4, 0.5) is 5.69 Å². The molecule has 0 amide bonds. The molecule has 96 valence electrons. The quantitative estimate of drug-likeness (QED) is 0.853. The third-order valence-corrected chi connectivity index (χ3v) is 2.87. The number of hydrogen-bond acceptors (Lipinski definition) is 3. The van der Waals surface area contributed by atoms with Crippen molar-refractivity contribution < 1.29 is 4.74 Å². The Balaban J connectivity index is 0.000000686. The maximum absolute atomic E-state index is 5.33. The first-order chi connectivity index (χ1) is 8.31. The first kappa shape index (κ1) is 13.8. The van der Waals surface area contributed by atoms with E-state index < -0.39 is 0 Å². The highest BCUT2D eigenvalue weighted by Gasteiger charge is 2.11. The molecule has 0 unspecified atom stereocenters. The monoisotopic (exact) mass is 236 g/mol. The van der Waals surface area contributed by atoms with Crippen molar-refractivity contribution >= 4 is 5.69 Å². The highest BCUT2D eigenvalue weighted by atomic mass is 16.5. The van der Waals surface area contributed by atoms with Crippen molar-refractivity contribution in [2.75, 3.05) is 38.2 Å². The number of anilines is 1. The van der Waals surface area contributed by atoms with Gasteiger partial charge in [0.15, 0.2) is 0 Å². The Morgan fingerprint density at radius 2 is 1.82 bits per heavy atom. The van der Waals surface area contributed by atoms with E-state index in [1.807, 2.05) is 13.8 Å². The standard InChI is InChI=1S/C12H18N2O.C2H6/c1-10-3-4-11(9-12(10)15-2)14-7-5-13-6-8-14;1-2/h3-4,9,13H,5-8H2,1-2H3;1-2H3. The summed E-state index contributed by atoms with van der Waals surface area (Å²) in [5.74, 6) is 0.978. The van der Waals surface area contributed by atoms with Crippen LogP contribution in [0.5, 0.6) is 5.75 Å². The van der Waals surface area contributed by atoms with E-state index in [1.165, 1.54) is 11.3 Å². The van der Waals surface area contributed by atoms with Crippen LogP contribution in [0.3, 0.4) is 0 Å². The minimum absolute atomic E-state index is 0.978. The number of hydrogen-bond donors (Lipinski definition) is 1. The van der Waals surface area contributed by atoms with Gasteiger partial charge in [-0.25, -0.2) is 0 Å². The predicted molar refractivity (Wildman–Crippen MR) is 74.2 cm³/mol. The maximum atomic E-state index is 5.33. The van der Waals surface area contributed by atoms with Gasteiger partial charge in [-0.1, -0.05) is 19.9 Å². The average molecular weight is 236 g/mol. The van der Waals surface area contributed by atoms with E-state index in [4.69, 9.17) is 4.74 Å². The summed E-state index contributed by atoms with van der Waals surface area (Å²) in [6, 6.07) is 6.42. The smallest absolute Gasteiger partial charge is 0.123 e. The first-order valence-corrected chi connectivity index (χ1v) is 6.41. The van der Waals surface area contributed by atoms with Gasteiger partial charge in [0.25, 0.3) is 0 Å². The second-order valence-corrected chi connectivity index (χ2v) is 3.89. The number of methoxy groups -OCH3 is 1. The summed E-state index contributed by atoms with van der Waals surface area (Å²) >= 11 is 0. The van der Waals surface area contributed by atoms with Gasteiger partial charge in [-0.2, -0.15) is 0 Å². The lowest BCUT2D eigenvalue weighted by Gasteiger charge is -2.29. The van der Waals surface area contributed by atoms with Gasteiger partial charge in [-0.05, 0) is 18.6 Å². The Bertz CT molecular complexity index is 333. The molecule has 1 heterocycles. The number of rotatable bonds is 2. The zero-order valence-electron chi connectivity index (χ0n) is 11.4. The molecule has 0 spiro atoms. The Hall–Kier alpha value is -1.22. The molecule has 0 aromatic heterocycles. The zero-order valence-corrected chi connectivity index (χ0v) is 11.4. The second-order valence-electron chi connectivity index (χ2n) is 3.89. The van der Waals surface area contributed by atoms with Crippen LogP contribution in [-0.2, 0) is 0 Å². The van der Waals surface area contributed by atoms with Crippen LogP contribution in [-0.4, -0.2) is 33.3 Å². The summed E-state index contributed by atoms with van der Waals surface area (Å²) in [7, 11) is 1.73. The van der Waals surface area contributed by atoms with Crippen LogP contribution < -0.4 is 15.0 Å². The molecule has 0 radical (unpaired) electrons. The molecule has 1 aromatic carbocycles. The van der Waals surface area contributed by atoms with Crippen molar-refractivity contribution in [3.63, 3.8) is 0 Å². The summed E-state index contributed by atoms with van der Waals surface area (Å²) in [5.41, 5.74) is 2.45. The topological polar surface area (TPSA) is 24.5 Å². The Morgan fingerprint density at radius 1 is 1.18 bits per heavy atom. The highest BCUT2D eigenvalue weighted by molar-refractivity contribution is 5.53. The normalized spacial score (nSPS) is 14.9. The summed E-state index contributed by atoms with van der Waals surface area (Å²) in [4.78, 5) is 2.39. The van der Waals surface area contributed by atoms with Crippen molar-refractivity contribution in [2.45, 2.75) is 20.8 Å². The van der Waals surface area contributed by atoms with Gasteiger partial charge in [0, 0.05) is 37.9 Å². The van der Waals surface area contributed by atoms with Crippen LogP contribution in [0.2, 0.25) is 0 Å². The minimum atomic E-state index is 0.978. The zero-order chi connectivity index (χ0) is 12.7. The van der Waals surface area contributed by atoms with Gasteiger partial charge >= 0.3 is 0 Å². The second kappa shape index (κ2) is 7.17. The van der Waals surface area contributed by atoms with Crippen molar-refractivity contribution in [3.05, 3.63) is 23.8 Å². The Morgan fingerprint density at radius 3 is 2.41 bits per heavy atom. The third-order valence-electron chi connectivity index (χ3n) is 2.87. The number of aryl methyl sites for hydroxylation is 1. The molecule has 0 bridgehead atoms. The minimum Gasteiger partial charge on any atom is -0.496 e. The molecule has 2 rings (SSSR count). The average Bonchev–Trinajstić information content (AvgIpc) is 2.42. The fourth-order valence-corrected chi connectivity index (χ4v) is 1.93. The lowest BCUT2D eigenvalue weighted by molar-refractivity contribution is 0.411. The third kappa shape index (κ3) is 3.63. The molecule has 0 aliphatic carbocycles. The molecule has 1 saturated heterocycles. The maximum Gasteiger partial charge on any atom is 0.123 e. The number of benzene rings is 1. The van der Waals surface area contributed by atoms with E-state index in [-0.39, 0.29) is 0 Å². The van der Waals surface area contributed by atoms with Crippen LogP contribution in [0.25, 0.3) is 0 Å². The molecule has 3 heteroatoms. The SMILES string of the molecule is CC.COc1cc(N2CCNCC2)ccc1C. The summed E-state index contributed by atoms with van der Waals surface area (Å²) in [6.07, 6.45) is 0. The first-order valence-electron chi connectivity index (χ1n) is 6.41. The molecule has 0 atom stereocenters. The Labute approximate surface area is 105 Å². The van der Waals surface area contributed by atoms with E-state index in [0.717, 1.165) is 31.9 Å². The molecular weight excluding hydrogens is 212 g/mol. The van der Waals surface area contributed by atoms with Gasteiger partial charge in [0.05, 0.1) is 7.11 Å². The Kier molecular flexibility index (Phi) is 5.84. The van der Waals surface area contributed by atoms with Gasteiger partial charge in [0.2, 0.25) is 0 Å². The van der Waals surface area contributed by atoms with E-state index in [0.29, 0.717) is 0 Å². The molecule has 0 saturated carbocycles. The predicted octanol–water partition coefficient (Wildman–Crippen LogP) is 2.44. The molecule has 1 N–H and O–H groups in total. The van der Waals surface area contributed by atoms with Crippen LogP contribution in [0, 0.1) is 6.92 Å². The van der Waals surface area contributed by atoms with Gasteiger partial charge in [-0.15, -0.1) is 0 Å². The fraction of sp³-hybridized carbons (Fsp3) is 0.571. The van der Waals surface area contributed by atoms with Crippen molar-refractivity contribution in [3.8, 4) is 5.75 Å². The van der Waals surface area contributed by atoms with E-state index in [9.17, 15) is 0 Å². The summed E-state index contributed by atoms with van der Waals surface area (Å²) < 4.78 is 5.33. The number of nitrogens with zero attached hydrogens (tertiary/aromatic N) is 1. The largest absolute Gasteiger partial charge is 0.496 e. The summed E-state index contributed by atoms with van der Waals surface area (Å²) in [5, 5.41) is 3.35.